The predicted molar refractivity (Wildman–Crippen MR) is 110 cm³/mol. The van der Waals surface area contributed by atoms with E-state index in [0.717, 1.165) is 15.8 Å². The van der Waals surface area contributed by atoms with Crippen LogP contribution in [0, 0.1) is 13.8 Å². The van der Waals surface area contributed by atoms with E-state index in [4.69, 9.17) is 16.3 Å². The molecule has 0 unspecified atom stereocenters. The molecule has 0 fully saturated rings. The highest BCUT2D eigenvalue weighted by Gasteiger charge is 2.12. The van der Waals surface area contributed by atoms with Gasteiger partial charge in [0.1, 0.15) is 12.3 Å². The first-order valence-electron chi connectivity index (χ1n) is 8.66. The van der Waals surface area contributed by atoms with Gasteiger partial charge in [-0.3, -0.25) is 9.59 Å². The predicted octanol–water partition coefficient (Wildman–Crippen LogP) is 3.83. The van der Waals surface area contributed by atoms with Crippen LogP contribution in [-0.4, -0.2) is 22.8 Å². The molecule has 0 bridgehead atoms. The first-order valence-corrected chi connectivity index (χ1v) is 9.04. The quantitative estimate of drug-likeness (QED) is 0.710. The number of anilines is 1. The van der Waals surface area contributed by atoms with Crippen LogP contribution in [-0.2, 0) is 11.3 Å². The van der Waals surface area contributed by atoms with Gasteiger partial charge in [0.05, 0.1) is 18.5 Å². The zero-order valence-electron chi connectivity index (χ0n) is 15.8. The minimum absolute atomic E-state index is 0.229. The van der Waals surface area contributed by atoms with E-state index in [0.29, 0.717) is 22.2 Å². The van der Waals surface area contributed by atoms with Crippen LogP contribution in [0.4, 0.5) is 5.69 Å². The van der Waals surface area contributed by atoms with Gasteiger partial charge in [0.15, 0.2) is 0 Å². The van der Waals surface area contributed by atoms with Crippen LogP contribution in [0.5, 0.6) is 5.75 Å². The molecule has 0 spiro atoms. The van der Waals surface area contributed by atoms with Crippen molar-refractivity contribution in [1.29, 1.82) is 0 Å². The molecule has 28 heavy (non-hydrogen) atoms. The third-order valence-electron chi connectivity index (χ3n) is 4.40. The lowest BCUT2D eigenvalue weighted by Gasteiger charge is -2.12. The van der Waals surface area contributed by atoms with Crippen molar-refractivity contribution in [3.05, 3.63) is 75.0 Å². The standard InChI is InChI=1S/C21H20ClN3O3/c1-13-4-5-15(10-14(13)2)17-7-9-21(27)25(24-17)12-20(26)23-18-11-16(22)6-8-19(18)28-3/h4-11H,12H2,1-3H3,(H,23,26). The van der Waals surface area contributed by atoms with Gasteiger partial charge in [-0.2, -0.15) is 5.10 Å². The first kappa shape index (κ1) is 19.6. The maximum Gasteiger partial charge on any atom is 0.267 e. The molecule has 1 N–H and O–H groups in total. The van der Waals surface area contributed by atoms with E-state index in [1.807, 2.05) is 32.0 Å². The Kier molecular flexibility index (Phi) is 5.80. The molecule has 1 heterocycles. The van der Waals surface area contributed by atoms with Crippen molar-refractivity contribution in [2.45, 2.75) is 20.4 Å². The van der Waals surface area contributed by atoms with E-state index in [1.165, 1.54) is 18.7 Å². The Morgan fingerprint density at radius 2 is 1.89 bits per heavy atom. The number of ether oxygens (including phenoxy) is 1. The Hall–Kier alpha value is -3.12. The van der Waals surface area contributed by atoms with Gasteiger partial charge in [-0.05, 0) is 55.3 Å². The van der Waals surface area contributed by atoms with Crippen LogP contribution < -0.4 is 15.6 Å². The van der Waals surface area contributed by atoms with Crippen LogP contribution in [0.1, 0.15) is 11.1 Å². The van der Waals surface area contributed by atoms with Gasteiger partial charge in [-0.1, -0.05) is 23.7 Å². The highest BCUT2D eigenvalue weighted by molar-refractivity contribution is 6.31. The van der Waals surface area contributed by atoms with Gasteiger partial charge in [-0.25, -0.2) is 4.68 Å². The van der Waals surface area contributed by atoms with E-state index in [1.54, 1.807) is 24.3 Å². The summed E-state index contributed by atoms with van der Waals surface area (Å²) in [5.41, 5.74) is 3.87. The summed E-state index contributed by atoms with van der Waals surface area (Å²) in [4.78, 5) is 24.6. The van der Waals surface area contributed by atoms with Crippen molar-refractivity contribution < 1.29 is 9.53 Å². The van der Waals surface area contributed by atoms with Crippen LogP contribution in [0.2, 0.25) is 5.02 Å². The number of carbonyl (C=O) groups is 1. The zero-order chi connectivity index (χ0) is 20.3. The molecule has 0 saturated carbocycles. The van der Waals surface area contributed by atoms with Crippen molar-refractivity contribution in [3.8, 4) is 17.0 Å². The molecule has 3 rings (SSSR count). The molecule has 0 atom stereocenters. The van der Waals surface area contributed by atoms with Crippen molar-refractivity contribution >= 4 is 23.2 Å². The van der Waals surface area contributed by atoms with Crippen LogP contribution >= 0.6 is 11.6 Å². The number of methoxy groups -OCH3 is 1. The summed E-state index contributed by atoms with van der Waals surface area (Å²) in [6, 6.07) is 13.9. The number of amides is 1. The number of rotatable bonds is 5. The lowest BCUT2D eigenvalue weighted by molar-refractivity contribution is -0.117. The third-order valence-corrected chi connectivity index (χ3v) is 4.63. The number of aromatic nitrogens is 2. The monoisotopic (exact) mass is 397 g/mol. The molecular weight excluding hydrogens is 378 g/mol. The highest BCUT2D eigenvalue weighted by atomic mass is 35.5. The fourth-order valence-electron chi connectivity index (χ4n) is 2.72. The van der Waals surface area contributed by atoms with Gasteiger partial charge >= 0.3 is 0 Å². The lowest BCUT2D eigenvalue weighted by atomic mass is 10.0. The molecule has 0 aliphatic rings. The largest absolute Gasteiger partial charge is 0.495 e. The van der Waals surface area contributed by atoms with Gasteiger partial charge < -0.3 is 10.1 Å². The average molecular weight is 398 g/mol. The summed E-state index contributed by atoms with van der Waals surface area (Å²) in [5.74, 6) is 0.0642. The summed E-state index contributed by atoms with van der Waals surface area (Å²) in [6.45, 7) is 3.82. The normalized spacial score (nSPS) is 10.6. The van der Waals surface area contributed by atoms with E-state index >= 15 is 0 Å². The Labute approximate surface area is 167 Å². The zero-order valence-corrected chi connectivity index (χ0v) is 16.6. The number of halogens is 1. The van der Waals surface area contributed by atoms with Crippen LogP contribution in [0.3, 0.4) is 0 Å². The maximum atomic E-state index is 12.5. The van der Waals surface area contributed by atoms with Gasteiger partial charge in [0.2, 0.25) is 5.91 Å². The third kappa shape index (κ3) is 4.40. The molecule has 1 aromatic heterocycles. The number of hydrogen-bond donors (Lipinski definition) is 1. The minimum Gasteiger partial charge on any atom is -0.495 e. The molecule has 3 aromatic rings. The second-order valence-electron chi connectivity index (χ2n) is 6.41. The first-order chi connectivity index (χ1) is 13.4. The molecule has 0 aliphatic heterocycles. The molecule has 144 valence electrons. The Bertz CT molecular complexity index is 1090. The molecule has 2 aromatic carbocycles. The van der Waals surface area contributed by atoms with Crippen LogP contribution in [0.25, 0.3) is 11.3 Å². The van der Waals surface area contributed by atoms with Crippen molar-refractivity contribution in [2.24, 2.45) is 0 Å². The minimum atomic E-state index is -0.410. The number of nitrogens with zero attached hydrogens (tertiary/aromatic N) is 2. The van der Waals surface area contributed by atoms with E-state index in [-0.39, 0.29) is 12.1 Å². The van der Waals surface area contributed by atoms with E-state index < -0.39 is 5.91 Å². The summed E-state index contributed by atoms with van der Waals surface area (Å²) < 4.78 is 6.35. The summed E-state index contributed by atoms with van der Waals surface area (Å²) in [7, 11) is 1.50. The SMILES string of the molecule is COc1ccc(Cl)cc1NC(=O)Cn1nc(-c2ccc(C)c(C)c2)ccc1=O. The Balaban J connectivity index is 1.84. The molecule has 0 aliphatic carbocycles. The van der Waals surface area contributed by atoms with Gasteiger partial charge in [-0.15, -0.1) is 0 Å². The van der Waals surface area contributed by atoms with Crippen molar-refractivity contribution in [1.82, 2.24) is 9.78 Å². The van der Waals surface area contributed by atoms with Gasteiger partial charge in [0.25, 0.3) is 5.56 Å². The van der Waals surface area contributed by atoms with E-state index in [9.17, 15) is 9.59 Å². The molecule has 0 saturated heterocycles. The summed E-state index contributed by atoms with van der Waals surface area (Å²) in [6.07, 6.45) is 0. The second-order valence-corrected chi connectivity index (χ2v) is 6.84. The molecule has 7 heteroatoms. The van der Waals surface area contributed by atoms with Crippen LogP contribution in [0.15, 0.2) is 53.3 Å². The number of hydrogen-bond acceptors (Lipinski definition) is 4. The Morgan fingerprint density at radius 1 is 1.11 bits per heavy atom. The fraction of sp³-hybridized carbons (Fsp3) is 0.190. The lowest BCUT2D eigenvalue weighted by Crippen LogP contribution is -2.29. The number of benzene rings is 2. The molecule has 6 nitrogen and oxygen atoms in total. The molecule has 1 amide bonds. The number of carbonyl (C=O) groups excluding carboxylic acids is 1. The van der Waals surface area contributed by atoms with Crippen molar-refractivity contribution in [3.63, 3.8) is 0 Å². The highest BCUT2D eigenvalue weighted by Crippen LogP contribution is 2.27. The maximum absolute atomic E-state index is 12.5. The Morgan fingerprint density at radius 3 is 2.61 bits per heavy atom. The van der Waals surface area contributed by atoms with Gasteiger partial charge in [0, 0.05) is 16.7 Å². The number of nitrogens with one attached hydrogen (secondary N) is 1. The fourth-order valence-corrected chi connectivity index (χ4v) is 2.89. The number of aryl methyl sites for hydroxylation is 2. The second kappa shape index (κ2) is 8.27. The smallest absolute Gasteiger partial charge is 0.267 e. The summed E-state index contributed by atoms with van der Waals surface area (Å²) in [5, 5.41) is 7.51. The molecule has 0 radical (unpaired) electrons. The van der Waals surface area contributed by atoms with E-state index in [2.05, 4.69) is 10.4 Å². The summed E-state index contributed by atoms with van der Waals surface area (Å²) >= 11 is 5.98. The molecular formula is C21H20ClN3O3. The van der Waals surface area contributed by atoms with Crippen molar-refractivity contribution in [2.75, 3.05) is 12.4 Å². The topological polar surface area (TPSA) is 73.2 Å². The average Bonchev–Trinajstić information content (AvgIpc) is 2.66.